The number of amides is 1. The van der Waals surface area contributed by atoms with Crippen molar-refractivity contribution < 1.29 is 4.79 Å². The molecule has 0 saturated carbocycles. The molecule has 0 bridgehead atoms. The van der Waals surface area contributed by atoms with E-state index >= 15 is 0 Å². The van der Waals surface area contributed by atoms with Gasteiger partial charge < -0.3 is 10.6 Å². The second kappa shape index (κ2) is 5.33. The molecule has 3 heterocycles. The van der Waals surface area contributed by atoms with Crippen LogP contribution in [0.25, 0.3) is 11.0 Å². The molecule has 0 unspecified atom stereocenters. The fourth-order valence-corrected chi connectivity index (χ4v) is 2.80. The summed E-state index contributed by atoms with van der Waals surface area (Å²) in [6, 6.07) is 1.78. The predicted octanol–water partition coefficient (Wildman–Crippen LogP) is 0.0518. The van der Waals surface area contributed by atoms with Gasteiger partial charge in [0.1, 0.15) is 0 Å². The van der Waals surface area contributed by atoms with Gasteiger partial charge in [0.15, 0.2) is 5.65 Å². The molecule has 0 spiro atoms. The molecule has 1 fully saturated rings. The van der Waals surface area contributed by atoms with Crippen molar-refractivity contribution >= 4 is 16.9 Å². The standard InChI is InChI=1S/C14H19N5O2/c1-8-6-10(11-12(16-8)19(2)18-14(11)21)13(20)17-9-4-3-5-15-7-9/h6,9,15H,3-5,7H2,1-2H3,(H,17,20)(H,18,21)/t9-/m0/s1. The lowest BCUT2D eigenvalue weighted by atomic mass is 10.1. The number of nitrogens with zero attached hydrogens (tertiary/aromatic N) is 2. The molecule has 112 valence electrons. The second-order valence-corrected chi connectivity index (χ2v) is 5.53. The summed E-state index contributed by atoms with van der Waals surface area (Å²) in [6.07, 6.45) is 2.00. The minimum atomic E-state index is -0.285. The van der Waals surface area contributed by atoms with E-state index in [1.54, 1.807) is 17.8 Å². The van der Waals surface area contributed by atoms with Crippen LogP contribution in [-0.4, -0.2) is 39.8 Å². The maximum absolute atomic E-state index is 12.5. The first-order chi connectivity index (χ1) is 10.1. The van der Waals surface area contributed by atoms with Gasteiger partial charge in [-0.15, -0.1) is 0 Å². The first kappa shape index (κ1) is 13.8. The lowest BCUT2D eigenvalue weighted by Crippen LogP contribution is -2.45. The number of H-pyrrole nitrogens is 1. The number of fused-ring (bicyclic) bond motifs is 1. The van der Waals surface area contributed by atoms with Crippen molar-refractivity contribution in [3.63, 3.8) is 0 Å². The number of nitrogens with one attached hydrogen (secondary N) is 3. The van der Waals surface area contributed by atoms with Gasteiger partial charge in [-0.2, -0.15) is 0 Å². The summed E-state index contributed by atoms with van der Waals surface area (Å²) in [5, 5.41) is 9.26. The Kier molecular flexibility index (Phi) is 3.50. The molecule has 7 heteroatoms. The third kappa shape index (κ3) is 2.56. The van der Waals surface area contributed by atoms with Gasteiger partial charge in [-0.1, -0.05) is 0 Å². The van der Waals surface area contributed by atoms with Crippen LogP contribution < -0.4 is 16.2 Å². The molecular weight excluding hydrogens is 270 g/mol. The van der Waals surface area contributed by atoms with Crippen molar-refractivity contribution in [2.24, 2.45) is 7.05 Å². The van der Waals surface area contributed by atoms with Crippen LogP contribution >= 0.6 is 0 Å². The minimum Gasteiger partial charge on any atom is -0.348 e. The Labute approximate surface area is 121 Å². The van der Waals surface area contributed by atoms with Crippen LogP contribution in [0.5, 0.6) is 0 Å². The summed E-state index contributed by atoms with van der Waals surface area (Å²) in [6.45, 7) is 3.57. The molecule has 1 saturated heterocycles. The zero-order chi connectivity index (χ0) is 15.0. The number of hydrogen-bond acceptors (Lipinski definition) is 4. The quantitative estimate of drug-likeness (QED) is 0.728. The maximum atomic E-state index is 12.5. The highest BCUT2D eigenvalue weighted by Crippen LogP contribution is 2.15. The largest absolute Gasteiger partial charge is 0.348 e. The van der Waals surface area contributed by atoms with Gasteiger partial charge in [-0.05, 0) is 32.4 Å². The molecule has 2 aromatic rings. The van der Waals surface area contributed by atoms with Gasteiger partial charge in [0.25, 0.3) is 11.5 Å². The summed E-state index contributed by atoms with van der Waals surface area (Å²) >= 11 is 0. The predicted molar refractivity (Wildman–Crippen MR) is 79.4 cm³/mol. The van der Waals surface area contributed by atoms with Gasteiger partial charge >= 0.3 is 0 Å². The molecule has 3 N–H and O–H groups in total. The fraction of sp³-hybridized carbons (Fsp3) is 0.500. The number of carbonyl (C=O) groups is 1. The molecule has 2 aromatic heterocycles. The van der Waals surface area contributed by atoms with Gasteiger partial charge in [-0.3, -0.25) is 19.4 Å². The van der Waals surface area contributed by atoms with Crippen molar-refractivity contribution in [3.05, 3.63) is 27.7 Å². The minimum absolute atomic E-state index is 0.109. The number of aromatic amines is 1. The van der Waals surface area contributed by atoms with Gasteiger partial charge in [0.2, 0.25) is 0 Å². The van der Waals surface area contributed by atoms with E-state index in [4.69, 9.17) is 0 Å². The van der Waals surface area contributed by atoms with Gasteiger partial charge in [0.05, 0.1) is 10.9 Å². The van der Waals surface area contributed by atoms with Crippen molar-refractivity contribution in [1.29, 1.82) is 0 Å². The summed E-state index contributed by atoms with van der Waals surface area (Å²) in [5.41, 5.74) is 1.33. The molecular formula is C14H19N5O2. The van der Waals surface area contributed by atoms with E-state index in [9.17, 15) is 9.59 Å². The zero-order valence-electron chi connectivity index (χ0n) is 12.2. The first-order valence-corrected chi connectivity index (χ1v) is 7.14. The van der Waals surface area contributed by atoms with Gasteiger partial charge in [0, 0.05) is 25.3 Å². The average Bonchev–Trinajstić information content (AvgIpc) is 2.74. The van der Waals surface area contributed by atoms with Gasteiger partial charge in [-0.25, -0.2) is 4.98 Å². The number of piperidine rings is 1. The zero-order valence-corrected chi connectivity index (χ0v) is 12.2. The van der Waals surface area contributed by atoms with E-state index in [1.807, 2.05) is 6.92 Å². The van der Waals surface area contributed by atoms with Crippen molar-refractivity contribution in [2.75, 3.05) is 13.1 Å². The Hall–Kier alpha value is -2.15. The molecule has 1 aliphatic heterocycles. The fourth-order valence-electron chi connectivity index (χ4n) is 2.80. The van der Waals surface area contributed by atoms with Crippen LogP contribution in [-0.2, 0) is 7.05 Å². The molecule has 0 aliphatic carbocycles. The summed E-state index contributed by atoms with van der Waals surface area (Å²) in [7, 11) is 1.71. The normalized spacial score (nSPS) is 18.9. The molecule has 3 rings (SSSR count). The Morgan fingerprint density at radius 3 is 3.05 bits per heavy atom. The number of carbonyl (C=O) groups excluding carboxylic acids is 1. The molecule has 7 nitrogen and oxygen atoms in total. The lowest BCUT2D eigenvalue weighted by molar-refractivity contribution is 0.0932. The van der Waals surface area contributed by atoms with Crippen molar-refractivity contribution in [2.45, 2.75) is 25.8 Å². The maximum Gasteiger partial charge on any atom is 0.274 e. The van der Waals surface area contributed by atoms with Crippen molar-refractivity contribution in [1.82, 2.24) is 25.4 Å². The van der Waals surface area contributed by atoms with Crippen molar-refractivity contribution in [3.8, 4) is 0 Å². The number of rotatable bonds is 2. The highest BCUT2D eigenvalue weighted by atomic mass is 16.2. The smallest absolute Gasteiger partial charge is 0.274 e. The van der Waals surface area contributed by atoms with Crippen LogP contribution in [0, 0.1) is 6.92 Å². The topological polar surface area (TPSA) is 91.8 Å². The number of hydrogen-bond donors (Lipinski definition) is 3. The number of aryl methyl sites for hydroxylation is 2. The lowest BCUT2D eigenvalue weighted by Gasteiger charge is -2.23. The molecule has 0 radical (unpaired) electrons. The Bertz CT molecular complexity index is 740. The molecule has 21 heavy (non-hydrogen) atoms. The second-order valence-electron chi connectivity index (χ2n) is 5.53. The number of aromatic nitrogens is 3. The van der Waals surface area contributed by atoms with E-state index in [1.165, 1.54) is 0 Å². The van der Waals surface area contributed by atoms with E-state index in [0.717, 1.165) is 25.9 Å². The third-order valence-corrected chi connectivity index (χ3v) is 3.82. The SMILES string of the molecule is Cc1cc(C(=O)N[C@H]2CCCNC2)c2c(=O)[nH]n(C)c2n1. The average molecular weight is 289 g/mol. The van der Waals surface area contributed by atoms with E-state index < -0.39 is 0 Å². The summed E-state index contributed by atoms with van der Waals surface area (Å²) < 4.78 is 1.55. The van der Waals surface area contributed by atoms with Crippen LogP contribution in [0.15, 0.2) is 10.9 Å². The highest BCUT2D eigenvalue weighted by molar-refractivity contribution is 6.05. The monoisotopic (exact) mass is 289 g/mol. The van der Waals surface area contributed by atoms with E-state index in [2.05, 4.69) is 20.7 Å². The first-order valence-electron chi connectivity index (χ1n) is 7.14. The summed E-state index contributed by atoms with van der Waals surface area (Å²) in [5.74, 6) is -0.212. The Balaban J connectivity index is 1.99. The Morgan fingerprint density at radius 2 is 2.33 bits per heavy atom. The molecule has 1 amide bonds. The van der Waals surface area contributed by atoms with E-state index in [-0.39, 0.29) is 17.5 Å². The highest BCUT2D eigenvalue weighted by Gasteiger charge is 2.21. The number of pyridine rings is 1. The molecule has 0 aromatic carbocycles. The molecule has 1 atom stereocenters. The van der Waals surface area contributed by atoms with Crippen LogP contribution in [0.4, 0.5) is 0 Å². The summed E-state index contributed by atoms with van der Waals surface area (Å²) in [4.78, 5) is 28.9. The van der Waals surface area contributed by atoms with Crippen LogP contribution in [0.3, 0.4) is 0 Å². The van der Waals surface area contributed by atoms with Crippen LogP contribution in [0.1, 0.15) is 28.9 Å². The molecule has 1 aliphatic rings. The van der Waals surface area contributed by atoms with E-state index in [0.29, 0.717) is 22.3 Å². The Morgan fingerprint density at radius 1 is 1.52 bits per heavy atom. The van der Waals surface area contributed by atoms with Crippen LogP contribution in [0.2, 0.25) is 0 Å². The third-order valence-electron chi connectivity index (χ3n) is 3.82.